The van der Waals surface area contributed by atoms with Crippen molar-refractivity contribution in [3.8, 4) is 5.75 Å². The van der Waals surface area contributed by atoms with Crippen LogP contribution in [0.25, 0.3) is 0 Å². The van der Waals surface area contributed by atoms with Crippen LogP contribution < -0.4 is 59.7 Å². The molecule has 70 heavy (non-hydrogen) atoms. The molecule has 2 aliphatic rings. The van der Waals surface area contributed by atoms with Crippen molar-refractivity contribution in [3.63, 3.8) is 0 Å². The van der Waals surface area contributed by atoms with Crippen molar-refractivity contribution in [1.82, 2.24) is 47.4 Å². The molecule has 2 fully saturated rings. The zero-order valence-electron chi connectivity index (χ0n) is 39.8. The monoisotopic (exact) mass is 985 g/mol. The highest BCUT2D eigenvalue weighted by Gasteiger charge is 2.36. The van der Waals surface area contributed by atoms with E-state index in [0.717, 1.165) is 37.0 Å². The Balaban J connectivity index is 1.99. The van der Waals surface area contributed by atoms with Crippen LogP contribution in [-0.2, 0) is 64.0 Å². The molecule has 1 aliphatic carbocycles. The average Bonchev–Trinajstić information content (AvgIpc) is 3.30. The Kier molecular flexibility index (Phi) is 23.0. The number of amides is 12. The minimum absolute atomic E-state index is 0.0694. The number of primary amides is 3. The minimum atomic E-state index is -1.82. The number of phenolic OH excluding ortho intramolecular Hbond substituents is 1. The first kappa shape index (κ1) is 57.0. The molecule has 1 aliphatic heterocycles. The molecule has 25 nitrogen and oxygen atoms in total. The zero-order chi connectivity index (χ0) is 52.1. The molecule has 1 heterocycles. The normalized spacial score (nSPS) is 22.2. The Bertz CT molecular complexity index is 2080. The van der Waals surface area contributed by atoms with E-state index in [1.54, 1.807) is 13.8 Å². The van der Waals surface area contributed by atoms with Gasteiger partial charge in [0.05, 0.1) is 26.1 Å². The lowest BCUT2D eigenvalue weighted by molar-refractivity contribution is -0.140. The van der Waals surface area contributed by atoms with Gasteiger partial charge >= 0.3 is 0 Å². The topological polar surface area (TPSA) is 403 Å². The van der Waals surface area contributed by atoms with Gasteiger partial charge in [-0.15, -0.1) is 0 Å². The molecule has 12 amide bonds. The van der Waals surface area contributed by atoms with Crippen LogP contribution in [0.4, 0.5) is 0 Å². The maximum absolute atomic E-state index is 14.1. The van der Waals surface area contributed by atoms with Crippen molar-refractivity contribution in [2.24, 2.45) is 29.0 Å². The number of carbonyl (C=O) groups is 12. The summed E-state index contributed by atoms with van der Waals surface area (Å²) in [6, 6.07) is -3.19. The van der Waals surface area contributed by atoms with Gasteiger partial charge in [0.25, 0.3) is 0 Å². The van der Waals surface area contributed by atoms with E-state index in [9.17, 15) is 62.6 Å². The van der Waals surface area contributed by atoms with Gasteiger partial charge in [-0.25, -0.2) is 0 Å². The predicted molar refractivity (Wildman–Crippen MR) is 248 cm³/mol. The molecule has 0 aromatic heterocycles. The highest BCUT2D eigenvalue weighted by molar-refractivity contribution is 5.99. The summed E-state index contributed by atoms with van der Waals surface area (Å²) < 4.78 is 0. The Morgan fingerprint density at radius 1 is 0.757 bits per heavy atom. The molecular weight excluding hydrogens is 917 g/mol. The molecule has 0 radical (unpaired) electrons. The lowest BCUT2D eigenvalue weighted by atomic mass is 9.84. The number of rotatable bonds is 18. The predicted octanol–water partition coefficient (Wildman–Crippen LogP) is -4.03. The number of nitrogens with zero attached hydrogens (tertiary/aromatic N) is 1. The highest BCUT2D eigenvalue weighted by Crippen LogP contribution is 2.27. The molecule has 0 spiro atoms. The van der Waals surface area contributed by atoms with Gasteiger partial charge in [0.15, 0.2) is 0 Å². The fourth-order valence-corrected chi connectivity index (χ4v) is 7.93. The number of nitrogens with one attached hydrogen (secondary N) is 8. The van der Waals surface area contributed by atoms with E-state index in [1.165, 1.54) is 31.3 Å². The van der Waals surface area contributed by atoms with Gasteiger partial charge in [-0.2, -0.15) is 0 Å². The molecule has 386 valence electrons. The van der Waals surface area contributed by atoms with Crippen LogP contribution in [0, 0.1) is 11.8 Å². The number of likely N-dealkylation sites (N-methyl/N-ethyl adjacent to an activating group) is 1. The maximum Gasteiger partial charge on any atom is 0.245 e. The summed E-state index contributed by atoms with van der Waals surface area (Å²) >= 11 is 0. The van der Waals surface area contributed by atoms with Gasteiger partial charge < -0.3 is 69.7 Å². The van der Waals surface area contributed by atoms with Crippen LogP contribution in [0.15, 0.2) is 24.3 Å². The van der Waals surface area contributed by atoms with Gasteiger partial charge in [0.1, 0.15) is 42.0 Å². The van der Waals surface area contributed by atoms with Crippen molar-refractivity contribution in [2.45, 2.75) is 134 Å². The second-order valence-electron chi connectivity index (χ2n) is 17.8. The molecule has 1 aromatic carbocycles. The standard InChI is InChI=1S/C45H68N12O13/c1-4-24(2)39-44(69)53-28(14-16-33(46)59)41(66)55-32(20-34(47)60)42(67)54-29(15-17-36(62)49-22-37(63)51-31(43(68)56-39)19-26-10-12-27(58)13-11-26)45(70)57(3)23-38(64)52-30(40(65)50-21-35(48)61)18-25-8-6-5-7-9-25/h10-13,24-25,28-32,39,58H,4-9,14-23H2,1-3H3,(H2,46,59)(H2,47,60)(H2,48,61)(H,49,62)(H,50,65)(H,51,63)(H,52,64)(H,53,69)(H,54,67)(H,55,66)(H,56,68)/t24-,28-,29-,30-,31-,32-,39-/m0/s1. The maximum atomic E-state index is 14.1. The molecular formula is C45H68N12O13. The minimum Gasteiger partial charge on any atom is -0.508 e. The third kappa shape index (κ3) is 19.7. The second kappa shape index (κ2) is 28.2. The first-order valence-electron chi connectivity index (χ1n) is 23.3. The van der Waals surface area contributed by atoms with E-state index in [4.69, 9.17) is 17.2 Å². The Hall–Kier alpha value is -7.34. The molecule has 25 heteroatoms. The van der Waals surface area contributed by atoms with E-state index in [1.807, 2.05) is 0 Å². The smallest absolute Gasteiger partial charge is 0.245 e. The number of hydrogen-bond acceptors (Lipinski definition) is 13. The largest absolute Gasteiger partial charge is 0.508 e. The fraction of sp³-hybridized carbons (Fsp3) is 0.600. The van der Waals surface area contributed by atoms with Crippen LogP contribution >= 0.6 is 0 Å². The molecule has 1 aromatic rings. The quantitative estimate of drug-likeness (QED) is 0.0668. The van der Waals surface area contributed by atoms with Crippen LogP contribution in [0.2, 0.25) is 0 Å². The molecule has 0 bridgehead atoms. The third-order valence-corrected chi connectivity index (χ3v) is 12.0. The van der Waals surface area contributed by atoms with Gasteiger partial charge in [-0.1, -0.05) is 64.5 Å². The Morgan fingerprint density at radius 2 is 1.39 bits per heavy atom. The number of hydrogen-bond donors (Lipinski definition) is 12. The SMILES string of the molecule is CC[C@H](C)[C@@H]1NC(=O)[C@H](Cc2ccc(O)cc2)NC(=O)CNC(=O)CC[C@@H](C(=O)N(C)CC(=O)N[C@@H](CC2CCCCC2)C(=O)NCC(N)=O)NC(=O)[C@H](CC(N)=O)NC(=O)[C@H](CCC(N)=O)NC1=O. The first-order valence-corrected chi connectivity index (χ1v) is 23.3. The first-order chi connectivity index (χ1) is 33.1. The molecule has 0 unspecified atom stereocenters. The Morgan fingerprint density at radius 3 is 2.00 bits per heavy atom. The summed E-state index contributed by atoms with van der Waals surface area (Å²) in [5.41, 5.74) is 16.5. The van der Waals surface area contributed by atoms with Gasteiger partial charge in [0, 0.05) is 26.3 Å². The molecule has 1 saturated heterocycles. The molecule has 7 atom stereocenters. The number of phenols is 1. The second-order valence-corrected chi connectivity index (χ2v) is 17.8. The van der Waals surface area contributed by atoms with Crippen molar-refractivity contribution in [1.29, 1.82) is 0 Å². The third-order valence-electron chi connectivity index (χ3n) is 12.0. The number of carbonyl (C=O) groups excluding carboxylic acids is 12. The molecule has 15 N–H and O–H groups in total. The van der Waals surface area contributed by atoms with Gasteiger partial charge in [-0.05, 0) is 48.8 Å². The van der Waals surface area contributed by atoms with Crippen molar-refractivity contribution >= 4 is 70.9 Å². The van der Waals surface area contributed by atoms with Crippen LogP contribution in [0.1, 0.15) is 96.5 Å². The van der Waals surface area contributed by atoms with Crippen molar-refractivity contribution < 1.29 is 62.6 Å². The van der Waals surface area contributed by atoms with Gasteiger partial charge in [0.2, 0.25) is 70.9 Å². The van der Waals surface area contributed by atoms with Crippen molar-refractivity contribution in [2.75, 3.05) is 26.7 Å². The Labute approximate surface area is 405 Å². The van der Waals surface area contributed by atoms with Crippen LogP contribution in [-0.4, -0.2) is 144 Å². The molecule has 3 rings (SSSR count). The summed E-state index contributed by atoms with van der Waals surface area (Å²) in [4.78, 5) is 160. The average molecular weight is 985 g/mol. The summed E-state index contributed by atoms with van der Waals surface area (Å²) in [5.74, 6) is -11.5. The summed E-state index contributed by atoms with van der Waals surface area (Å²) in [6.45, 7) is 1.51. The summed E-state index contributed by atoms with van der Waals surface area (Å²) in [5, 5.41) is 29.6. The lowest BCUT2D eigenvalue weighted by Crippen LogP contribution is -2.61. The van der Waals surface area contributed by atoms with E-state index in [-0.39, 0.29) is 24.5 Å². The number of benzene rings is 1. The van der Waals surface area contributed by atoms with E-state index < -0.39 is 165 Å². The van der Waals surface area contributed by atoms with Crippen LogP contribution in [0.3, 0.4) is 0 Å². The number of nitrogens with two attached hydrogens (primary N) is 3. The van der Waals surface area contributed by atoms with Gasteiger partial charge in [-0.3, -0.25) is 57.5 Å². The lowest BCUT2D eigenvalue weighted by Gasteiger charge is -2.30. The van der Waals surface area contributed by atoms with E-state index in [0.29, 0.717) is 12.0 Å². The van der Waals surface area contributed by atoms with E-state index >= 15 is 0 Å². The highest BCUT2D eigenvalue weighted by atomic mass is 16.3. The van der Waals surface area contributed by atoms with E-state index in [2.05, 4.69) is 42.5 Å². The fourth-order valence-electron chi connectivity index (χ4n) is 7.93. The van der Waals surface area contributed by atoms with Crippen molar-refractivity contribution in [3.05, 3.63) is 29.8 Å². The summed E-state index contributed by atoms with van der Waals surface area (Å²) in [6.07, 6.45) is 2.17. The zero-order valence-corrected chi connectivity index (χ0v) is 39.8. The number of aromatic hydroxyl groups is 1. The molecule has 1 saturated carbocycles. The summed E-state index contributed by atoms with van der Waals surface area (Å²) in [7, 11) is 1.20. The van der Waals surface area contributed by atoms with Crippen LogP contribution in [0.5, 0.6) is 5.75 Å².